The van der Waals surface area contributed by atoms with Crippen molar-refractivity contribution in [2.75, 3.05) is 0 Å². The van der Waals surface area contributed by atoms with Crippen molar-refractivity contribution < 1.29 is 0 Å². The van der Waals surface area contributed by atoms with Crippen molar-refractivity contribution in [3.63, 3.8) is 0 Å². The Morgan fingerprint density at radius 1 is 0.565 bits per heavy atom. The summed E-state index contributed by atoms with van der Waals surface area (Å²) in [7, 11) is 0. The number of fused-ring (bicyclic) bond motifs is 1. The van der Waals surface area contributed by atoms with E-state index >= 15 is 0 Å². The molecule has 4 aromatic carbocycles. The lowest BCUT2D eigenvalue weighted by Gasteiger charge is -2.20. The molecular weight excluding hydrogens is 276 g/mol. The van der Waals surface area contributed by atoms with E-state index in [1.807, 2.05) is 0 Å². The SMILES string of the molecule is CC1c2cccc3cccc(c23)C1c1cccc2ccccc12. The zero-order chi connectivity index (χ0) is 15.4. The first kappa shape index (κ1) is 12.9. The maximum absolute atomic E-state index is 2.38. The molecule has 2 unspecified atom stereocenters. The molecule has 0 bridgehead atoms. The van der Waals surface area contributed by atoms with Gasteiger partial charge in [0.25, 0.3) is 0 Å². The maximum atomic E-state index is 2.38. The van der Waals surface area contributed by atoms with Crippen molar-refractivity contribution in [2.45, 2.75) is 18.8 Å². The van der Waals surface area contributed by atoms with E-state index in [4.69, 9.17) is 0 Å². The highest BCUT2D eigenvalue weighted by Gasteiger charge is 2.32. The summed E-state index contributed by atoms with van der Waals surface area (Å²) >= 11 is 0. The Morgan fingerprint density at radius 3 is 2.00 bits per heavy atom. The van der Waals surface area contributed by atoms with Crippen molar-refractivity contribution >= 4 is 21.5 Å². The molecule has 0 heterocycles. The molecule has 23 heavy (non-hydrogen) atoms. The number of rotatable bonds is 1. The monoisotopic (exact) mass is 294 g/mol. The molecule has 0 fully saturated rings. The minimum Gasteiger partial charge on any atom is -0.0616 e. The maximum Gasteiger partial charge on any atom is 0.0168 e. The molecule has 0 amide bonds. The van der Waals surface area contributed by atoms with Crippen molar-refractivity contribution in [1.82, 2.24) is 0 Å². The molecule has 0 saturated heterocycles. The predicted octanol–water partition coefficient (Wildman–Crippen LogP) is 6.24. The first-order chi connectivity index (χ1) is 11.3. The number of hydrogen-bond donors (Lipinski definition) is 0. The topological polar surface area (TPSA) is 0 Å². The minimum atomic E-state index is 0.446. The van der Waals surface area contributed by atoms with Crippen LogP contribution in [0.4, 0.5) is 0 Å². The summed E-state index contributed by atoms with van der Waals surface area (Å²) in [6.45, 7) is 2.38. The van der Waals surface area contributed by atoms with Gasteiger partial charge in [-0.2, -0.15) is 0 Å². The molecule has 0 N–H and O–H groups in total. The Morgan fingerprint density at radius 2 is 1.17 bits per heavy atom. The summed E-state index contributed by atoms with van der Waals surface area (Å²) in [6, 6.07) is 29.0. The molecule has 0 aliphatic heterocycles. The molecule has 0 heteroatoms. The lowest BCUT2D eigenvalue weighted by molar-refractivity contribution is 0.695. The lowest BCUT2D eigenvalue weighted by atomic mass is 9.83. The molecule has 4 aromatic rings. The quantitative estimate of drug-likeness (QED) is 0.389. The first-order valence-corrected chi connectivity index (χ1v) is 8.34. The summed E-state index contributed by atoms with van der Waals surface area (Å²) in [4.78, 5) is 0. The van der Waals surface area contributed by atoms with Crippen LogP contribution in [0.15, 0.2) is 78.9 Å². The van der Waals surface area contributed by atoms with E-state index in [0.29, 0.717) is 11.8 Å². The molecule has 0 saturated carbocycles. The Bertz CT molecular complexity index is 1030. The van der Waals surface area contributed by atoms with Crippen LogP contribution in [-0.2, 0) is 0 Å². The van der Waals surface area contributed by atoms with E-state index in [0.717, 1.165) is 0 Å². The van der Waals surface area contributed by atoms with E-state index in [1.54, 1.807) is 0 Å². The third-order valence-corrected chi connectivity index (χ3v) is 5.45. The molecule has 0 radical (unpaired) electrons. The zero-order valence-electron chi connectivity index (χ0n) is 13.2. The second-order valence-corrected chi connectivity index (χ2v) is 6.63. The second kappa shape index (κ2) is 4.70. The van der Waals surface area contributed by atoms with Crippen LogP contribution in [0.1, 0.15) is 35.4 Å². The molecule has 1 aliphatic carbocycles. The van der Waals surface area contributed by atoms with Gasteiger partial charge in [-0.05, 0) is 44.2 Å². The van der Waals surface area contributed by atoms with E-state index in [1.165, 1.54) is 38.2 Å². The van der Waals surface area contributed by atoms with Crippen LogP contribution >= 0.6 is 0 Å². The van der Waals surface area contributed by atoms with Gasteiger partial charge in [0, 0.05) is 5.92 Å². The minimum absolute atomic E-state index is 0.446. The van der Waals surface area contributed by atoms with E-state index in [2.05, 4.69) is 85.8 Å². The van der Waals surface area contributed by atoms with Gasteiger partial charge in [0.15, 0.2) is 0 Å². The van der Waals surface area contributed by atoms with E-state index in [-0.39, 0.29) is 0 Å². The van der Waals surface area contributed by atoms with Gasteiger partial charge in [0.05, 0.1) is 0 Å². The summed E-state index contributed by atoms with van der Waals surface area (Å²) < 4.78 is 0. The van der Waals surface area contributed by atoms with Gasteiger partial charge in [-0.25, -0.2) is 0 Å². The van der Waals surface area contributed by atoms with Crippen LogP contribution < -0.4 is 0 Å². The zero-order valence-corrected chi connectivity index (χ0v) is 13.2. The Labute approximate surface area is 136 Å². The first-order valence-electron chi connectivity index (χ1n) is 8.34. The van der Waals surface area contributed by atoms with Gasteiger partial charge in [0.1, 0.15) is 0 Å². The third kappa shape index (κ3) is 1.72. The van der Waals surface area contributed by atoms with Gasteiger partial charge in [0.2, 0.25) is 0 Å². The fraction of sp³-hybridized carbons (Fsp3) is 0.130. The van der Waals surface area contributed by atoms with Crippen LogP contribution in [-0.4, -0.2) is 0 Å². The van der Waals surface area contributed by atoms with Crippen molar-refractivity contribution in [2.24, 2.45) is 0 Å². The largest absolute Gasteiger partial charge is 0.0616 e. The molecule has 0 aromatic heterocycles. The van der Waals surface area contributed by atoms with Crippen LogP contribution in [0, 0.1) is 0 Å². The average Bonchev–Trinajstić information content (AvgIpc) is 2.89. The van der Waals surface area contributed by atoms with Crippen LogP contribution in [0.3, 0.4) is 0 Å². The van der Waals surface area contributed by atoms with Crippen molar-refractivity contribution in [3.05, 3.63) is 95.6 Å². The van der Waals surface area contributed by atoms with Crippen molar-refractivity contribution in [3.8, 4) is 0 Å². The van der Waals surface area contributed by atoms with E-state index < -0.39 is 0 Å². The highest BCUT2D eigenvalue weighted by molar-refractivity contribution is 5.95. The van der Waals surface area contributed by atoms with Crippen LogP contribution in [0.5, 0.6) is 0 Å². The average molecular weight is 294 g/mol. The Hall–Kier alpha value is -2.60. The normalized spacial score (nSPS) is 19.5. The summed E-state index contributed by atoms with van der Waals surface area (Å²) in [5, 5.41) is 5.56. The molecule has 0 spiro atoms. The standard InChI is InChI=1S/C23H18/c1-15-18-12-5-9-17-10-6-14-21(23(17)18)22(15)20-13-4-8-16-7-2-3-11-19(16)20/h2-15,22H,1H3. The van der Waals surface area contributed by atoms with Crippen molar-refractivity contribution in [1.29, 1.82) is 0 Å². The Balaban J connectivity index is 1.84. The van der Waals surface area contributed by atoms with Gasteiger partial charge >= 0.3 is 0 Å². The summed E-state index contributed by atoms with van der Waals surface area (Å²) in [6.07, 6.45) is 0. The highest BCUT2D eigenvalue weighted by Crippen LogP contribution is 2.50. The fourth-order valence-corrected chi connectivity index (χ4v) is 4.45. The summed E-state index contributed by atoms with van der Waals surface area (Å²) in [5.74, 6) is 0.962. The van der Waals surface area contributed by atoms with E-state index in [9.17, 15) is 0 Å². The second-order valence-electron chi connectivity index (χ2n) is 6.63. The highest BCUT2D eigenvalue weighted by atomic mass is 14.4. The lowest BCUT2D eigenvalue weighted by Crippen LogP contribution is -2.04. The van der Waals surface area contributed by atoms with Gasteiger partial charge in [-0.3, -0.25) is 0 Å². The molecule has 0 nitrogen and oxygen atoms in total. The summed E-state index contributed by atoms with van der Waals surface area (Å²) in [5.41, 5.74) is 4.44. The molecule has 2 atom stereocenters. The third-order valence-electron chi connectivity index (χ3n) is 5.45. The van der Waals surface area contributed by atoms with Gasteiger partial charge in [-0.1, -0.05) is 85.8 Å². The number of benzene rings is 4. The predicted molar refractivity (Wildman–Crippen MR) is 98.2 cm³/mol. The fourth-order valence-electron chi connectivity index (χ4n) is 4.45. The Kier molecular flexibility index (Phi) is 2.63. The molecule has 110 valence electrons. The van der Waals surface area contributed by atoms with Crippen LogP contribution in [0.25, 0.3) is 21.5 Å². The van der Waals surface area contributed by atoms with Crippen LogP contribution in [0.2, 0.25) is 0 Å². The van der Waals surface area contributed by atoms with Gasteiger partial charge in [-0.15, -0.1) is 0 Å². The van der Waals surface area contributed by atoms with Gasteiger partial charge < -0.3 is 0 Å². The molecule has 1 aliphatic rings. The molecular formula is C23H18. The number of hydrogen-bond acceptors (Lipinski definition) is 0. The molecule has 5 rings (SSSR count). The smallest absolute Gasteiger partial charge is 0.0168 e.